The van der Waals surface area contributed by atoms with Gasteiger partial charge in [-0.05, 0) is 29.8 Å². The summed E-state index contributed by atoms with van der Waals surface area (Å²) in [5, 5.41) is 11.6. The van der Waals surface area contributed by atoms with Gasteiger partial charge >= 0.3 is 0 Å². The van der Waals surface area contributed by atoms with E-state index in [0.717, 1.165) is 5.56 Å². The maximum atomic E-state index is 12.4. The zero-order valence-electron chi connectivity index (χ0n) is 13.5. The number of nitrogens with one attached hydrogen (secondary N) is 4. The maximum Gasteiger partial charge on any atom is 0.240 e. The largest absolute Gasteiger partial charge is 0.492 e. The Kier molecular flexibility index (Phi) is 5.59. The Bertz CT molecular complexity index is 742. The van der Waals surface area contributed by atoms with Crippen molar-refractivity contribution in [3.8, 4) is 11.8 Å². The molecule has 25 heavy (non-hydrogen) atoms. The van der Waals surface area contributed by atoms with Crippen LogP contribution in [0.5, 0.6) is 5.75 Å². The molecule has 1 aliphatic rings. The molecule has 7 nitrogen and oxygen atoms in total. The number of amides is 1. The minimum atomic E-state index is -0.419. The van der Waals surface area contributed by atoms with Crippen molar-refractivity contribution in [2.45, 2.75) is 12.1 Å². The van der Waals surface area contributed by atoms with Crippen LogP contribution < -0.4 is 26.4 Å². The molecule has 1 heterocycles. The molecule has 0 spiro atoms. The number of rotatable bonds is 6. The summed E-state index contributed by atoms with van der Waals surface area (Å²) < 4.78 is 5.55. The first kappa shape index (κ1) is 16.9. The fraction of sp³-hybridized carbons (Fsp3) is 0.222. The fourth-order valence-electron chi connectivity index (χ4n) is 2.60. The molecule has 7 heteroatoms. The first-order valence-electron chi connectivity index (χ1n) is 7.99. The van der Waals surface area contributed by atoms with E-state index in [0.29, 0.717) is 24.5 Å². The van der Waals surface area contributed by atoms with Crippen molar-refractivity contribution in [1.29, 1.82) is 5.26 Å². The van der Waals surface area contributed by atoms with Gasteiger partial charge in [-0.3, -0.25) is 4.79 Å². The molecule has 128 valence electrons. The number of hydrazine groups is 2. The number of hydrogen-bond donors (Lipinski definition) is 4. The summed E-state index contributed by atoms with van der Waals surface area (Å²) in [5.41, 5.74) is 10.4. The van der Waals surface area contributed by atoms with Gasteiger partial charge in [0.1, 0.15) is 18.4 Å². The van der Waals surface area contributed by atoms with Crippen LogP contribution in [0.1, 0.15) is 17.2 Å². The van der Waals surface area contributed by atoms with Crippen LogP contribution >= 0.6 is 0 Å². The lowest BCUT2D eigenvalue weighted by molar-refractivity contribution is -0.123. The van der Waals surface area contributed by atoms with Crippen molar-refractivity contribution in [1.82, 2.24) is 21.7 Å². The van der Waals surface area contributed by atoms with Gasteiger partial charge < -0.3 is 10.1 Å². The third-order valence-electron chi connectivity index (χ3n) is 3.88. The van der Waals surface area contributed by atoms with Crippen molar-refractivity contribution in [2.75, 3.05) is 13.2 Å². The van der Waals surface area contributed by atoms with E-state index in [4.69, 9.17) is 10.00 Å². The first-order chi connectivity index (χ1) is 12.3. The van der Waals surface area contributed by atoms with Gasteiger partial charge in [-0.2, -0.15) is 10.8 Å². The molecule has 2 unspecified atom stereocenters. The molecule has 0 radical (unpaired) electrons. The smallest absolute Gasteiger partial charge is 0.240 e. The minimum absolute atomic E-state index is 0.116. The zero-order valence-corrected chi connectivity index (χ0v) is 13.5. The van der Waals surface area contributed by atoms with E-state index in [1.807, 2.05) is 30.3 Å². The highest BCUT2D eigenvalue weighted by molar-refractivity contribution is 5.83. The minimum Gasteiger partial charge on any atom is -0.492 e. The van der Waals surface area contributed by atoms with Crippen LogP contribution in [0.2, 0.25) is 0 Å². The Morgan fingerprint density at radius 3 is 2.60 bits per heavy atom. The number of carbonyl (C=O) groups excluding carboxylic acids is 1. The summed E-state index contributed by atoms with van der Waals surface area (Å²) in [5.74, 6) is 0.549. The Balaban J connectivity index is 1.46. The molecule has 3 rings (SSSR count). The third kappa shape index (κ3) is 4.33. The molecule has 0 aromatic heterocycles. The van der Waals surface area contributed by atoms with E-state index >= 15 is 0 Å². The molecule has 1 fully saturated rings. The maximum absolute atomic E-state index is 12.4. The summed E-state index contributed by atoms with van der Waals surface area (Å²) in [4.78, 5) is 12.4. The zero-order chi connectivity index (χ0) is 17.5. The Labute approximate surface area is 145 Å². The molecular formula is C18H19N5O2. The second-order valence-corrected chi connectivity index (χ2v) is 5.56. The van der Waals surface area contributed by atoms with Gasteiger partial charge in [-0.1, -0.05) is 30.3 Å². The fourth-order valence-corrected chi connectivity index (χ4v) is 2.60. The normalized spacial score (nSPS) is 19.2. The van der Waals surface area contributed by atoms with Crippen LogP contribution in [0, 0.1) is 11.3 Å². The Hall–Kier alpha value is -2.92. The molecule has 0 saturated carbocycles. The Morgan fingerprint density at radius 2 is 1.88 bits per heavy atom. The average Bonchev–Trinajstić information content (AvgIpc) is 3.16. The molecule has 1 amide bonds. The van der Waals surface area contributed by atoms with Gasteiger partial charge in [0.15, 0.2) is 0 Å². The summed E-state index contributed by atoms with van der Waals surface area (Å²) in [6.07, 6.45) is 0. The van der Waals surface area contributed by atoms with Crippen LogP contribution in [0.4, 0.5) is 0 Å². The lowest BCUT2D eigenvalue weighted by Gasteiger charge is -2.18. The standard InChI is InChI=1S/C18H19N5O2/c19-12-13-6-8-15(9-7-13)25-11-10-20-18(24)17-16(21-23-22-17)14-4-2-1-3-5-14/h1-9,16-17,21-23H,10-11H2,(H,20,24). The van der Waals surface area contributed by atoms with Gasteiger partial charge in [-0.15, -0.1) is 0 Å². The van der Waals surface area contributed by atoms with Crippen molar-refractivity contribution < 1.29 is 9.53 Å². The quantitative estimate of drug-likeness (QED) is 0.582. The number of benzene rings is 2. The summed E-state index contributed by atoms with van der Waals surface area (Å²) in [7, 11) is 0. The van der Waals surface area contributed by atoms with Crippen LogP contribution in [-0.4, -0.2) is 25.1 Å². The predicted octanol–water partition coefficient (Wildman–Crippen LogP) is 0.776. The SMILES string of the molecule is N#Cc1ccc(OCCNC(=O)C2NNNC2c2ccccc2)cc1. The van der Waals surface area contributed by atoms with Crippen LogP contribution in [0.3, 0.4) is 0 Å². The van der Waals surface area contributed by atoms with Gasteiger partial charge in [0.25, 0.3) is 0 Å². The van der Waals surface area contributed by atoms with E-state index in [-0.39, 0.29) is 11.9 Å². The summed E-state index contributed by atoms with van der Waals surface area (Å²) in [6.45, 7) is 0.736. The molecule has 1 aliphatic heterocycles. The monoisotopic (exact) mass is 337 g/mol. The Morgan fingerprint density at radius 1 is 1.12 bits per heavy atom. The molecule has 1 saturated heterocycles. The molecule has 2 aromatic rings. The summed E-state index contributed by atoms with van der Waals surface area (Å²) in [6, 6.07) is 18.1. The third-order valence-corrected chi connectivity index (χ3v) is 3.88. The van der Waals surface area contributed by atoms with E-state index in [1.54, 1.807) is 24.3 Å². The van der Waals surface area contributed by atoms with Crippen LogP contribution in [-0.2, 0) is 4.79 Å². The second-order valence-electron chi connectivity index (χ2n) is 5.56. The molecule has 4 N–H and O–H groups in total. The molecule has 0 aliphatic carbocycles. The average molecular weight is 337 g/mol. The van der Waals surface area contributed by atoms with Gasteiger partial charge in [0.05, 0.1) is 24.2 Å². The van der Waals surface area contributed by atoms with E-state index < -0.39 is 6.04 Å². The lowest BCUT2D eigenvalue weighted by atomic mass is 10.0. The number of hydrogen-bond acceptors (Lipinski definition) is 6. The van der Waals surface area contributed by atoms with Crippen molar-refractivity contribution in [3.63, 3.8) is 0 Å². The van der Waals surface area contributed by atoms with Gasteiger partial charge in [0, 0.05) is 0 Å². The number of nitriles is 1. The van der Waals surface area contributed by atoms with E-state index in [1.165, 1.54) is 0 Å². The highest BCUT2D eigenvalue weighted by Gasteiger charge is 2.33. The first-order valence-corrected chi connectivity index (χ1v) is 7.99. The van der Waals surface area contributed by atoms with Crippen molar-refractivity contribution in [2.24, 2.45) is 0 Å². The van der Waals surface area contributed by atoms with Gasteiger partial charge in [0.2, 0.25) is 5.91 Å². The highest BCUT2D eigenvalue weighted by Crippen LogP contribution is 2.18. The van der Waals surface area contributed by atoms with Gasteiger partial charge in [-0.25, -0.2) is 10.9 Å². The van der Waals surface area contributed by atoms with E-state index in [9.17, 15) is 4.79 Å². The number of nitrogens with zero attached hydrogens (tertiary/aromatic N) is 1. The van der Waals surface area contributed by atoms with E-state index in [2.05, 4.69) is 27.8 Å². The molecule has 2 atom stereocenters. The number of ether oxygens (including phenoxy) is 1. The highest BCUT2D eigenvalue weighted by atomic mass is 16.5. The molecular weight excluding hydrogens is 318 g/mol. The number of carbonyl (C=O) groups is 1. The molecule has 0 bridgehead atoms. The van der Waals surface area contributed by atoms with Crippen molar-refractivity contribution >= 4 is 5.91 Å². The van der Waals surface area contributed by atoms with Crippen LogP contribution in [0.15, 0.2) is 54.6 Å². The second kappa shape index (κ2) is 8.26. The topological polar surface area (TPSA) is 98.2 Å². The summed E-state index contributed by atoms with van der Waals surface area (Å²) >= 11 is 0. The molecule has 2 aromatic carbocycles. The predicted molar refractivity (Wildman–Crippen MR) is 92.0 cm³/mol. The lowest BCUT2D eigenvalue weighted by Crippen LogP contribution is -2.46. The van der Waals surface area contributed by atoms with Crippen molar-refractivity contribution in [3.05, 3.63) is 65.7 Å². The van der Waals surface area contributed by atoms with Crippen LogP contribution in [0.25, 0.3) is 0 Å².